The molecule has 0 amide bonds. The fourth-order valence-corrected chi connectivity index (χ4v) is 2.34. The van der Waals surface area contributed by atoms with Gasteiger partial charge < -0.3 is 4.90 Å². The molecule has 1 fully saturated rings. The summed E-state index contributed by atoms with van der Waals surface area (Å²) in [6.45, 7) is 10.6. The zero-order valence-electron chi connectivity index (χ0n) is 10.4. The third-order valence-electron chi connectivity index (χ3n) is 3.12. The first-order chi connectivity index (χ1) is 7.75. The lowest BCUT2D eigenvalue weighted by molar-refractivity contribution is 0.231. The molecule has 2 nitrogen and oxygen atoms in total. The average molecular weight is 218 g/mol. The lowest BCUT2D eigenvalue weighted by Crippen LogP contribution is -2.47. The smallest absolute Gasteiger partial charge is 0.0367 e. The van der Waals surface area contributed by atoms with Gasteiger partial charge in [-0.1, -0.05) is 32.0 Å². The van der Waals surface area contributed by atoms with E-state index in [2.05, 4.69) is 54.0 Å². The van der Waals surface area contributed by atoms with Gasteiger partial charge in [-0.25, -0.2) is 0 Å². The molecule has 0 saturated carbocycles. The first-order valence-corrected chi connectivity index (χ1v) is 6.28. The molecule has 1 aromatic rings. The molecule has 0 radical (unpaired) electrons. The number of rotatable bonds is 3. The maximum Gasteiger partial charge on any atom is 0.0367 e. The molecule has 0 atom stereocenters. The molecule has 0 unspecified atom stereocenters. The van der Waals surface area contributed by atoms with Gasteiger partial charge in [0, 0.05) is 38.4 Å². The lowest BCUT2D eigenvalue weighted by Gasteiger charge is -2.36. The van der Waals surface area contributed by atoms with Gasteiger partial charge in [-0.3, -0.25) is 4.90 Å². The van der Waals surface area contributed by atoms with Crippen molar-refractivity contribution in [2.45, 2.75) is 13.8 Å². The summed E-state index contributed by atoms with van der Waals surface area (Å²) in [5, 5.41) is 0. The minimum atomic E-state index is 0.781. The van der Waals surface area contributed by atoms with Crippen molar-refractivity contribution in [3.05, 3.63) is 30.3 Å². The number of hydrogen-bond donors (Lipinski definition) is 0. The van der Waals surface area contributed by atoms with Crippen LogP contribution in [-0.2, 0) is 0 Å². The predicted molar refractivity (Wildman–Crippen MR) is 69.9 cm³/mol. The van der Waals surface area contributed by atoms with Gasteiger partial charge in [-0.05, 0) is 18.1 Å². The SMILES string of the molecule is CC(C)CN1CCN(c2ccccc2)CC1. The first-order valence-electron chi connectivity index (χ1n) is 6.28. The molecule has 16 heavy (non-hydrogen) atoms. The van der Waals surface area contributed by atoms with Gasteiger partial charge in [-0.15, -0.1) is 0 Å². The Balaban J connectivity index is 1.86. The van der Waals surface area contributed by atoms with E-state index in [-0.39, 0.29) is 0 Å². The second-order valence-corrected chi connectivity index (χ2v) is 5.02. The van der Waals surface area contributed by atoms with Crippen LogP contribution in [0.2, 0.25) is 0 Å². The molecule has 1 heterocycles. The number of hydrogen-bond acceptors (Lipinski definition) is 2. The summed E-state index contributed by atoms with van der Waals surface area (Å²) in [5.74, 6) is 0.781. The average Bonchev–Trinajstić information content (AvgIpc) is 2.30. The van der Waals surface area contributed by atoms with Crippen LogP contribution in [0.4, 0.5) is 5.69 Å². The second kappa shape index (κ2) is 5.35. The van der Waals surface area contributed by atoms with Crippen molar-refractivity contribution in [1.82, 2.24) is 4.90 Å². The van der Waals surface area contributed by atoms with E-state index in [1.807, 2.05) is 0 Å². The second-order valence-electron chi connectivity index (χ2n) is 5.02. The largest absolute Gasteiger partial charge is 0.369 e. The molecular formula is C14H22N2. The summed E-state index contributed by atoms with van der Waals surface area (Å²) >= 11 is 0. The number of para-hydroxylation sites is 1. The van der Waals surface area contributed by atoms with Crippen molar-refractivity contribution in [2.75, 3.05) is 37.6 Å². The van der Waals surface area contributed by atoms with Gasteiger partial charge in [0.2, 0.25) is 0 Å². The van der Waals surface area contributed by atoms with Crippen LogP contribution < -0.4 is 4.90 Å². The van der Waals surface area contributed by atoms with Crippen LogP contribution in [-0.4, -0.2) is 37.6 Å². The Labute approximate surface area is 98.9 Å². The Kier molecular flexibility index (Phi) is 3.83. The van der Waals surface area contributed by atoms with Crippen LogP contribution in [0.25, 0.3) is 0 Å². The van der Waals surface area contributed by atoms with E-state index in [0.717, 1.165) is 19.0 Å². The maximum absolute atomic E-state index is 2.57. The highest BCUT2D eigenvalue weighted by atomic mass is 15.3. The van der Waals surface area contributed by atoms with E-state index in [1.54, 1.807) is 0 Å². The fraction of sp³-hybridized carbons (Fsp3) is 0.571. The van der Waals surface area contributed by atoms with Gasteiger partial charge in [0.1, 0.15) is 0 Å². The quantitative estimate of drug-likeness (QED) is 0.769. The van der Waals surface area contributed by atoms with Gasteiger partial charge in [0.05, 0.1) is 0 Å². The van der Waals surface area contributed by atoms with Crippen LogP contribution >= 0.6 is 0 Å². The van der Waals surface area contributed by atoms with Crippen LogP contribution in [0.1, 0.15) is 13.8 Å². The third-order valence-corrected chi connectivity index (χ3v) is 3.12. The molecule has 2 heteroatoms. The zero-order valence-corrected chi connectivity index (χ0v) is 10.4. The molecule has 88 valence electrons. The summed E-state index contributed by atoms with van der Waals surface area (Å²) < 4.78 is 0. The van der Waals surface area contributed by atoms with E-state index in [9.17, 15) is 0 Å². The van der Waals surface area contributed by atoms with Crippen LogP contribution in [0.5, 0.6) is 0 Å². The van der Waals surface area contributed by atoms with Gasteiger partial charge in [0.15, 0.2) is 0 Å². The first kappa shape index (κ1) is 11.5. The molecule has 0 aliphatic carbocycles. The molecular weight excluding hydrogens is 196 g/mol. The van der Waals surface area contributed by atoms with Gasteiger partial charge in [-0.2, -0.15) is 0 Å². The van der Waals surface area contributed by atoms with Gasteiger partial charge in [0.25, 0.3) is 0 Å². The van der Waals surface area contributed by atoms with E-state index in [0.29, 0.717) is 0 Å². The molecule has 1 aromatic carbocycles. The van der Waals surface area contributed by atoms with Gasteiger partial charge >= 0.3 is 0 Å². The van der Waals surface area contributed by atoms with Crippen molar-refractivity contribution in [2.24, 2.45) is 5.92 Å². The van der Waals surface area contributed by atoms with Crippen molar-refractivity contribution < 1.29 is 0 Å². The minimum Gasteiger partial charge on any atom is -0.369 e. The van der Waals surface area contributed by atoms with E-state index >= 15 is 0 Å². The number of nitrogens with zero attached hydrogens (tertiary/aromatic N) is 2. The van der Waals surface area contributed by atoms with Crippen molar-refractivity contribution in [3.63, 3.8) is 0 Å². The maximum atomic E-state index is 2.57. The highest BCUT2D eigenvalue weighted by Crippen LogP contribution is 2.15. The molecule has 2 rings (SSSR count). The summed E-state index contributed by atoms with van der Waals surface area (Å²) in [6.07, 6.45) is 0. The fourth-order valence-electron chi connectivity index (χ4n) is 2.34. The predicted octanol–water partition coefficient (Wildman–Crippen LogP) is 2.46. The number of benzene rings is 1. The summed E-state index contributed by atoms with van der Waals surface area (Å²) in [4.78, 5) is 5.06. The number of anilines is 1. The molecule has 0 bridgehead atoms. The Morgan fingerprint density at radius 2 is 1.62 bits per heavy atom. The Morgan fingerprint density at radius 3 is 2.19 bits per heavy atom. The topological polar surface area (TPSA) is 6.48 Å². The van der Waals surface area contributed by atoms with E-state index in [1.165, 1.54) is 25.3 Å². The molecule has 1 saturated heterocycles. The Morgan fingerprint density at radius 1 is 1.00 bits per heavy atom. The van der Waals surface area contributed by atoms with Crippen LogP contribution in [0.3, 0.4) is 0 Å². The Hall–Kier alpha value is -1.02. The molecule has 1 aliphatic rings. The minimum absolute atomic E-state index is 0.781. The van der Waals surface area contributed by atoms with Crippen LogP contribution in [0, 0.1) is 5.92 Å². The zero-order chi connectivity index (χ0) is 11.4. The van der Waals surface area contributed by atoms with Crippen molar-refractivity contribution >= 4 is 5.69 Å². The molecule has 0 N–H and O–H groups in total. The normalized spacial score (nSPS) is 18.1. The summed E-state index contributed by atoms with van der Waals surface area (Å²) in [7, 11) is 0. The highest BCUT2D eigenvalue weighted by Gasteiger charge is 2.17. The van der Waals surface area contributed by atoms with Crippen molar-refractivity contribution in [1.29, 1.82) is 0 Å². The summed E-state index contributed by atoms with van der Waals surface area (Å²) in [5.41, 5.74) is 1.37. The van der Waals surface area contributed by atoms with E-state index < -0.39 is 0 Å². The lowest BCUT2D eigenvalue weighted by atomic mass is 10.2. The Bertz CT molecular complexity index is 300. The monoisotopic (exact) mass is 218 g/mol. The molecule has 1 aliphatic heterocycles. The third kappa shape index (κ3) is 2.99. The van der Waals surface area contributed by atoms with Crippen LogP contribution in [0.15, 0.2) is 30.3 Å². The molecule has 0 aromatic heterocycles. The standard InChI is InChI=1S/C14H22N2/c1-13(2)12-15-8-10-16(11-9-15)14-6-4-3-5-7-14/h3-7,13H,8-12H2,1-2H3. The summed E-state index contributed by atoms with van der Waals surface area (Å²) in [6, 6.07) is 10.7. The number of piperazine rings is 1. The van der Waals surface area contributed by atoms with Crippen molar-refractivity contribution in [3.8, 4) is 0 Å². The molecule has 0 spiro atoms. The highest BCUT2D eigenvalue weighted by molar-refractivity contribution is 5.46. The van der Waals surface area contributed by atoms with E-state index in [4.69, 9.17) is 0 Å².